The van der Waals surface area contributed by atoms with Crippen molar-refractivity contribution in [3.63, 3.8) is 0 Å². The summed E-state index contributed by atoms with van der Waals surface area (Å²) >= 11 is 8.87. The zero-order valence-electron chi connectivity index (χ0n) is 10.8. The second-order valence-electron chi connectivity index (χ2n) is 4.33. The van der Waals surface area contributed by atoms with E-state index in [0.717, 1.165) is 6.07 Å². The van der Waals surface area contributed by atoms with Crippen LogP contribution in [0.15, 0.2) is 39.7 Å². The van der Waals surface area contributed by atoms with Crippen molar-refractivity contribution in [2.24, 2.45) is 0 Å². The molecule has 0 bridgehead atoms. The summed E-state index contributed by atoms with van der Waals surface area (Å²) in [7, 11) is -4.12. The van der Waals surface area contributed by atoms with Crippen molar-refractivity contribution in [3.05, 3.63) is 51.2 Å². The quantitative estimate of drug-likeness (QED) is 0.776. The molecule has 21 heavy (non-hydrogen) atoms. The standard InChI is InChI=1S/C13H11BrClFN2O2S/c1-7-10(15)3-2-4-11(7)18-21(19,20)12-6-8(17)5-9(14)13(12)16/h2-6,18H,17H2,1H3. The minimum absolute atomic E-state index is 0.0225. The molecule has 0 atom stereocenters. The molecular formula is C13H11BrClFN2O2S. The lowest BCUT2D eigenvalue weighted by atomic mass is 10.2. The number of hydrogen-bond acceptors (Lipinski definition) is 3. The van der Waals surface area contributed by atoms with Crippen LogP contribution in [0.4, 0.5) is 15.8 Å². The summed E-state index contributed by atoms with van der Waals surface area (Å²) in [5.74, 6) is -0.906. The molecule has 3 N–H and O–H groups in total. The molecule has 0 aromatic heterocycles. The molecule has 0 radical (unpaired) electrons. The summed E-state index contributed by atoms with van der Waals surface area (Å²) in [4.78, 5) is -0.534. The Morgan fingerprint density at radius 3 is 2.67 bits per heavy atom. The Morgan fingerprint density at radius 1 is 1.33 bits per heavy atom. The average molecular weight is 394 g/mol. The number of anilines is 2. The lowest BCUT2D eigenvalue weighted by molar-refractivity contribution is 0.567. The Balaban J connectivity index is 2.51. The van der Waals surface area contributed by atoms with E-state index in [1.807, 2.05) is 0 Å². The Morgan fingerprint density at radius 2 is 2.00 bits per heavy atom. The Hall–Kier alpha value is -1.31. The molecular weight excluding hydrogens is 383 g/mol. The number of benzene rings is 2. The maximum Gasteiger partial charge on any atom is 0.264 e. The van der Waals surface area contributed by atoms with Crippen molar-refractivity contribution in [2.75, 3.05) is 10.5 Å². The molecule has 0 aliphatic rings. The number of sulfonamides is 1. The van der Waals surface area contributed by atoms with Gasteiger partial charge in [-0.1, -0.05) is 17.7 Å². The fourth-order valence-electron chi connectivity index (χ4n) is 1.70. The zero-order chi connectivity index (χ0) is 15.8. The molecule has 112 valence electrons. The van der Waals surface area contributed by atoms with Crippen LogP contribution >= 0.6 is 27.5 Å². The van der Waals surface area contributed by atoms with Gasteiger partial charge in [0, 0.05) is 10.7 Å². The summed E-state index contributed by atoms with van der Waals surface area (Å²) in [6.07, 6.45) is 0. The lowest BCUT2D eigenvalue weighted by Crippen LogP contribution is -2.16. The molecule has 0 saturated carbocycles. The van der Waals surface area contributed by atoms with Crippen molar-refractivity contribution in [1.29, 1.82) is 0 Å². The normalized spacial score (nSPS) is 11.4. The molecule has 0 saturated heterocycles. The molecule has 8 heteroatoms. The van der Waals surface area contributed by atoms with Crippen LogP contribution in [0.3, 0.4) is 0 Å². The van der Waals surface area contributed by atoms with Crippen LogP contribution in [0, 0.1) is 12.7 Å². The van der Waals surface area contributed by atoms with Gasteiger partial charge < -0.3 is 5.73 Å². The van der Waals surface area contributed by atoms with Crippen LogP contribution in [0.1, 0.15) is 5.56 Å². The highest BCUT2D eigenvalue weighted by molar-refractivity contribution is 9.10. The average Bonchev–Trinajstić information content (AvgIpc) is 2.39. The van der Waals surface area contributed by atoms with Gasteiger partial charge in [0.2, 0.25) is 0 Å². The molecule has 0 fully saturated rings. The molecule has 0 aliphatic heterocycles. The highest BCUT2D eigenvalue weighted by Crippen LogP contribution is 2.29. The minimum Gasteiger partial charge on any atom is -0.399 e. The van der Waals surface area contributed by atoms with E-state index in [0.29, 0.717) is 10.6 Å². The maximum absolute atomic E-state index is 14.0. The summed E-state index contributed by atoms with van der Waals surface area (Å²) < 4.78 is 40.9. The third-order valence-corrected chi connectivity index (χ3v) is 5.17. The fourth-order valence-corrected chi connectivity index (χ4v) is 3.74. The van der Waals surface area contributed by atoms with E-state index in [-0.39, 0.29) is 15.8 Å². The van der Waals surface area contributed by atoms with Crippen molar-refractivity contribution in [1.82, 2.24) is 0 Å². The molecule has 0 amide bonds. The first-order valence-electron chi connectivity index (χ1n) is 5.75. The smallest absolute Gasteiger partial charge is 0.264 e. The number of nitrogen functional groups attached to an aromatic ring is 1. The topological polar surface area (TPSA) is 72.2 Å². The molecule has 0 heterocycles. The second kappa shape index (κ2) is 5.82. The predicted octanol–water partition coefficient (Wildman–Crippen LogP) is 3.93. The van der Waals surface area contributed by atoms with Crippen molar-refractivity contribution >= 4 is 48.9 Å². The third-order valence-electron chi connectivity index (χ3n) is 2.82. The minimum atomic E-state index is -4.12. The van der Waals surface area contributed by atoms with Crippen LogP contribution in [0.2, 0.25) is 5.02 Å². The highest BCUT2D eigenvalue weighted by Gasteiger charge is 2.22. The predicted molar refractivity (Wildman–Crippen MR) is 85.5 cm³/mol. The Labute approximate surface area is 135 Å². The summed E-state index contributed by atoms with van der Waals surface area (Å²) in [5, 5.41) is 0.407. The lowest BCUT2D eigenvalue weighted by Gasteiger charge is -2.13. The first-order chi connectivity index (χ1) is 9.72. The number of hydrogen-bond donors (Lipinski definition) is 2. The number of nitrogens with two attached hydrogens (primary N) is 1. The molecule has 4 nitrogen and oxygen atoms in total. The molecule has 0 unspecified atom stereocenters. The van der Waals surface area contributed by atoms with E-state index in [1.165, 1.54) is 12.1 Å². The Bertz CT molecular complexity index is 812. The maximum atomic E-state index is 14.0. The molecule has 2 aromatic carbocycles. The van der Waals surface area contributed by atoms with E-state index >= 15 is 0 Å². The molecule has 0 spiro atoms. The summed E-state index contributed by atoms with van der Waals surface area (Å²) in [6, 6.07) is 7.12. The zero-order valence-corrected chi connectivity index (χ0v) is 14.0. The largest absolute Gasteiger partial charge is 0.399 e. The van der Waals surface area contributed by atoms with Crippen LogP contribution in [0.25, 0.3) is 0 Å². The molecule has 0 aliphatic carbocycles. The van der Waals surface area contributed by atoms with Crippen LogP contribution in [0.5, 0.6) is 0 Å². The van der Waals surface area contributed by atoms with Crippen LogP contribution < -0.4 is 10.5 Å². The van der Waals surface area contributed by atoms with E-state index in [1.54, 1.807) is 19.1 Å². The monoisotopic (exact) mass is 392 g/mol. The summed E-state index contributed by atoms with van der Waals surface area (Å²) in [5.41, 5.74) is 6.52. The van der Waals surface area contributed by atoms with Gasteiger partial charge in [-0.25, -0.2) is 12.8 Å². The van der Waals surface area contributed by atoms with Crippen molar-refractivity contribution in [2.45, 2.75) is 11.8 Å². The van der Waals surface area contributed by atoms with Gasteiger partial charge in [0.25, 0.3) is 10.0 Å². The number of rotatable bonds is 3. The van der Waals surface area contributed by atoms with Crippen LogP contribution in [-0.2, 0) is 10.0 Å². The van der Waals surface area contributed by atoms with E-state index in [2.05, 4.69) is 20.7 Å². The van der Waals surface area contributed by atoms with Gasteiger partial charge in [0.15, 0.2) is 5.82 Å². The van der Waals surface area contributed by atoms with E-state index in [9.17, 15) is 12.8 Å². The van der Waals surface area contributed by atoms with Gasteiger partial charge >= 0.3 is 0 Å². The van der Waals surface area contributed by atoms with E-state index in [4.69, 9.17) is 17.3 Å². The van der Waals surface area contributed by atoms with Gasteiger partial charge in [-0.05, 0) is 52.7 Å². The third kappa shape index (κ3) is 3.30. The highest BCUT2D eigenvalue weighted by atomic mass is 79.9. The first kappa shape index (κ1) is 16.1. The molecule has 2 aromatic rings. The number of nitrogens with one attached hydrogen (secondary N) is 1. The van der Waals surface area contributed by atoms with Gasteiger partial charge in [-0.15, -0.1) is 0 Å². The van der Waals surface area contributed by atoms with Gasteiger partial charge in [0.1, 0.15) is 4.90 Å². The van der Waals surface area contributed by atoms with E-state index < -0.39 is 20.7 Å². The van der Waals surface area contributed by atoms with Gasteiger partial charge in [-0.3, -0.25) is 4.72 Å². The van der Waals surface area contributed by atoms with Gasteiger partial charge in [0.05, 0.1) is 10.2 Å². The van der Waals surface area contributed by atoms with Crippen LogP contribution in [-0.4, -0.2) is 8.42 Å². The van der Waals surface area contributed by atoms with Crippen molar-refractivity contribution < 1.29 is 12.8 Å². The molecule has 2 rings (SSSR count). The first-order valence-corrected chi connectivity index (χ1v) is 8.40. The fraction of sp³-hybridized carbons (Fsp3) is 0.0769. The van der Waals surface area contributed by atoms with Gasteiger partial charge in [-0.2, -0.15) is 0 Å². The number of halogens is 3. The summed E-state index contributed by atoms with van der Waals surface area (Å²) in [6.45, 7) is 1.66. The second-order valence-corrected chi connectivity index (χ2v) is 7.25. The Kier molecular flexibility index (Phi) is 4.46. The SMILES string of the molecule is Cc1c(Cl)cccc1NS(=O)(=O)c1cc(N)cc(Br)c1F. The van der Waals surface area contributed by atoms with Crippen molar-refractivity contribution in [3.8, 4) is 0 Å².